The largest absolute Gasteiger partial charge is 0.490 e. The first-order valence-electron chi connectivity index (χ1n) is 8.95. The van der Waals surface area contributed by atoms with Gasteiger partial charge < -0.3 is 9.47 Å². The van der Waals surface area contributed by atoms with E-state index in [9.17, 15) is 4.79 Å². The van der Waals surface area contributed by atoms with Gasteiger partial charge in [0.15, 0.2) is 5.13 Å². The molecule has 0 radical (unpaired) electrons. The number of fused-ring (bicyclic) bond motifs is 1. The molecule has 0 fully saturated rings. The molecule has 4 aromatic rings. The number of thiazole rings is 1. The first kappa shape index (κ1) is 19.2. The monoisotopic (exact) mass is 424 g/mol. The van der Waals surface area contributed by atoms with E-state index in [0.717, 1.165) is 16.0 Å². The highest BCUT2D eigenvalue weighted by Crippen LogP contribution is 2.28. The summed E-state index contributed by atoms with van der Waals surface area (Å²) in [6.45, 7) is 0.785. The van der Waals surface area contributed by atoms with Crippen LogP contribution < -0.4 is 14.8 Å². The van der Waals surface area contributed by atoms with E-state index in [1.54, 1.807) is 30.3 Å². The van der Waals surface area contributed by atoms with E-state index in [0.29, 0.717) is 34.7 Å². The van der Waals surface area contributed by atoms with Gasteiger partial charge in [-0.2, -0.15) is 0 Å². The van der Waals surface area contributed by atoms with Gasteiger partial charge in [0.25, 0.3) is 5.91 Å². The van der Waals surface area contributed by atoms with Crippen LogP contribution in [0.4, 0.5) is 5.13 Å². The molecular formula is C22H17ClN2O3S. The maximum Gasteiger partial charge on any atom is 0.257 e. The number of nitrogens with one attached hydrogen (secondary N) is 1. The molecule has 146 valence electrons. The zero-order valence-electron chi connectivity index (χ0n) is 15.3. The third kappa shape index (κ3) is 5.04. The number of aromatic nitrogens is 1. The zero-order chi connectivity index (χ0) is 20.1. The molecule has 0 unspecified atom stereocenters. The van der Waals surface area contributed by atoms with Gasteiger partial charge in [0, 0.05) is 10.6 Å². The lowest BCUT2D eigenvalue weighted by molar-refractivity contribution is 0.102. The van der Waals surface area contributed by atoms with E-state index >= 15 is 0 Å². The second-order valence-corrected chi connectivity index (χ2v) is 7.59. The molecule has 0 bridgehead atoms. The fourth-order valence-corrected chi connectivity index (χ4v) is 3.82. The average molecular weight is 425 g/mol. The second kappa shape index (κ2) is 8.94. The average Bonchev–Trinajstić information content (AvgIpc) is 3.13. The Labute approximate surface area is 176 Å². The predicted molar refractivity (Wildman–Crippen MR) is 116 cm³/mol. The van der Waals surface area contributed by atoms with E-state index in [2.05, 4.69) is 10.3 Å². The topological polar surface area (TPSA) is 60.5 Å². The van der Waals surface area contributed by atoms with Crippen LogP contribution in [0.1, 0.15) is 10.4 Å². The summed E-state index contributed by atoms with van der Waals surface area (Å²) in [6, 6.07) is 22.0. The minimum absolute atomic E-state index is 0.249. The number of rotatable bonds is 7. The number of benzene rings is 3. The lowest BCUT2D eigenvalue weighted by Crippen LogP contribution is -2.12. The predicted octanol–water partition coefficient (Wildman–Crippen LogP) is 5.66. The Morgan fingerprint density at radius 3 is 2.52 bits per heavy atom. The molecule has 1 aromatic heterocycles. The van der Waals surface area contributed by atoms with Crippen LogP contribution in [-0.2, 0) is 0 Å². The van der Waals surface area contributed by atoms with E-state index in [1.165, 1.54) is 11.3 Å². The summed E-state index contributed by atoms with van der Waals surface area (Å²) in [5, 5.41) is 3.99. The highest BCUT2D eigenvalue weighted by Gasteiger charge is 2.11. The van der Waals surface area contributed by atoms with Crippen molar-refractivity contribution < 1.29 is 14.3 Å². The Balaban J connectivity index is 1.35. The smallest absolute Gasteiger partial charge is 0.257 e. The van der Waals surface area contributed by atoms with Crippen LogP contribution in [0.15, 0.2) is 72.8 Å². The number of amides is 1. The lowest BCUT2D eigenvalue weighted by atomic mass is 10.2. The molecule has 3 aromatic carbocycles. The number of carbonyl (C=O) groups is 1. The summed E-state index contributed by atoms with van der Waals surface area (Å²) >= 11 is 7.38. The molecule has 1 heterocycles. The van der Waals surface area contributed by atoms with Crippen LogP contribution in [0.5, 0.6) is 11.5 Å². The number of carbonyl (C=O) groups excluding carboxylic acids is 1. The summed E-state index contributed by atoms with van der Waals surface area (Å²) in [4.78, 5) is 17.0. The van der Waals surface area contributed by atoms with Gasteiger partial charge in [-0.05, 0) is 48.5 Å². The highest BCUT2D eigenvalue weighted by atomic mass is 35.5. The number of ether oxygens (including phenoxy) is 2. The molecule has 5 nitrogen and oxygen atoms in total. The Kier molecular flexibility index (Phi) is 5.93. The molecule has 1 N–H and O–H groups in total. The van der Waals surface area contributed by atoms with Gasteiger partial charge in [0.05, 0.1) is 10.2 Å². The van der Waals surface area contributed by atoms with Crippen LogP contribution >= 0.6 is 22.9 Å². The van der Waals surface area contributed by atoms with Crippen molar-refractivity contribution in [2.24, 2.45) is 0 Å². The van der Waals surface area contributed by atoms with Crippen LogP contribution in [-0.4, -0.2) is 24.1 Å². The van der Waals surface area contributed by atoms with E-state index in [-0.39, 0.29) is 5.91 Å². The normalized spacial score (nSPS) is 10.7. The third-order valence-corrected chi connectivity index (χ3v) is 5.20. The quantitative estimate of drug-likeness (QED) is 0.389. The summed E-state index contributed by atoms with van der Waals surface area (Å²) in [5.74, 6) is 1.15. The number of anilines is 1. The number of para-hydroxylation sites is 1. The molecule has 0 spiro atoms. The maximum atomic E-state index is 12.6. The Morgan fingerprint density at radius 2 is 1.69 bits per heavy atom. The van der Waals surface area contributed by atoms with Gasteiger partial charge in [-0.25, -0.2) is 4.98 Å². The fourth-order valence-electron chi connectivity index (χ4n) is 2.68. The Morgan fingerprint density at radius 1 is 0.931 bits per heavy atom. The molecule has 4 rings (SSSR count). The number of hydrogen-bond donors (Lipinski definition) is 1. The summed E-state index contributed by atoms with van der Waals surface area (Å²) < 4.78 is 12.2. The first-order chi connectivity index (χ1) is 14.2. The van der Waals surface area contributed by atoms with Crippen molar-refractivity contribution in [1.29, 1.82) is 0 Å². The summed E-state index contributed by atoms with van der Waals surface area (Å²) in [5.41, 5.74) is 1.29. The zero-order valence-corrected chi connectivity index (χ0v) is 16.9. The van der Waals surface area contributed by atoms with Crippen LogP contribution in [0.25, 0.3) is 10.2 Å². The first-order valence-corrected chi connectivity index (χ1v) is 10.1. The molecule has 1 amide bonds. The molecule has 0 aliphatic rings. The van der Waals surface area contributed by atoms with E-state index in [4.69, 9.17) is 21.1 Å². The molecule has 7 heteroatoms. The third-order valence-electron chi connectivity index (χ3n) is 4.03. The molecule has 29 heavy (non-hydrogen) atoms. The van der Waals surface area contributed by atoms with Crippen LogP contribution in [0, 0.1) is 0 Å². The van der Waals surface area contributed by atoms with Gasteiger partial charge in [-0.1, -0.05) is 47.2 Å². The number of hydrogen-bond acceptors (Lipinski definition) is 5. The van der Waals surface area contributed by atoms with Crippen LogP contribution in [0.3, 0.4) is 0 Å². The van der Waals surface area contributed by atoms with Gasteiger partial charge in [-0.3, -0.25) is 10.1 Å². The summed E-state index contributed by atoms with van der Waals surface area (Å²) in [6.07, 6.45) is 0. The van der Waals surface area contributed by atoms with Crippen molar-refractivity contribution in [3.8, 4) is 11.5 Å². The summed E-state index contributed by atoms with van der Waals surface area (Å²) in [7, 11) is 0. The fraction of sp³-hybridized carbons (Fsp3) is 0.0909. The van der Waals surface area contributed by atoms with Crippen molar-refractivity contribution in [2.75, 3.05) is 18.5 Å². The standard InChI is InChI=1S/C22H17ClN2O3S/c23-16-9-10-19-20(14-16)29-22(24-19)25-21(26)15-5-4-8-18(13-15)28-12-11-27-17-6-2-1-3-7-17/h1-10,13-14H,11-12H2,(H,24,25,26). The Hall–Kier alpha value is -3.09. The van der Waals surface area contributed by atoms with Gasteiger partial charge in [0.1, 0.15) is 24.7 Å². The lowest BCUT2D eigenvalue weighted by Gasteiger charge is -2.09. The van der Waals surface area contributed by atoms with Crippen molar-refractivity contribution in [1.82, 2.24) is 4.98 Å². The van der Waals surface area contributed by atoms with Gasteiger partial charge >= 0.3 is 0 Å². The molecule has 0 atom stereocenters. The van der Waals surface area contributed by atoms with E-state index < -0.39 is 0 Å². The van der Waals surface area contributed by atoms with Crippen molar-refractivity contribution >= 4 is 44.2 Å². The minimum Gasteiger partial charge on any atom is -0.490 e. The molecule has 0 saturated carbocycles. The highest BCUT2D eigenvalue weighted by molar-refractivity contribution is 7.22. The maximum absolute atomic E-state index is 12.6. The van der Waals surface area contributed by atoms with Gasteiger partial charge in [0.2, 0.25) is 0 Å². The van der Waals surface area contributed by atoms with E-state index in [1.807, 2.05) is 42.5 Å². The molecular weight excluding hydrogens is 408 g/mol. The molecule has 0 aliphatic heterocycles. The van der Waals surface area contributed by atoms with Crippen molar-refractivity contribution in [3.05, 3.63) is 83.4 Å². The number of halogens is 1. The number of nitrogens with zero attached hydrogens (tertiary/aromatic N) is 1. The molecule has 0 saturated heterocycles. The SMILES string of the molecule is O=C(Nc1nc2ccc(Cl)cc2s1)c1cccc(OCCOc2ccccc2)c1. The van der Waals surface area contributed by atoms with Gasteiger partial charge in [-0.15, -0.1) is 0 Å². The second-order valence-electron chi connectivity index (χ2n) is 6.12. The van der Waals surface area contributed by atoms with Crippen molar-refractivity contribution in [3.63, 3.8) is 0 Å². The van der Waals surface area contributed by atoms with Crippen LogP contribution in [0.2, 0.25) is 5.02 Å². The Bertz CT molecular complexity index is 1130. The minimum atomic E-state index is -0.249. The molecule has 0 aliphatic carbocycles. The van der Waals surface area contributed by atoms with Crippen molar-refractivity contribution in [2.45, 2.75) is 0 Å².